The van der Waals surface area contributed by atoms with E-state index in [1.807, 2.05) is 0 Å². The van der Waals surface area contributed by atoms with Gasteiger partial charge in [0.1, 0.15) is 0 Å². The van der Waals surface area contributed by atoms with Crippen LogP contribution in [-0.2, 0) is 0 Å². The van der Waals surface area contributed by atoms with E-state index in [0.29, 0.717) is 0 Å². The SMILES string of the molecule is O=C([O-])[O-].[K+].[K+].[LiH]. The predicted molar refractivity (Wildman–Crippen MR) is 12.5 cm³/mol. The van der Waals surface area contributed by atoms with E-state index in [1.54, 1.807) is 0 Å². The topological polar surface area (TPSA) is 63.2 Å². The normalized spacial score (nSPS) is 3.43. The zero-order valence-corrected chi connectivity index (χ0v) is 9.97. The molecule has 0 unspecified atom stereocenters. The van der Waals surface area contributed by atoms with Gasteiger partial charge in [0.05, 0.1) is 0 Å². The van der Waals surface area contributed by atoms with Crippen LogP contribution >= 0.6 is 0 Å². The molecule has 0 aromatic carbocycles. The number of rotatable bonds is 0. The summed E-state index contributed by atoms with van der Waals surface area (Å²) in [6.45, 7) is 0. The first-order valence-electron chi connectivity index (χ1n) is 0.612. The summed E-state index contributed by atoms with van der Waals surface area (Å²) in [5.41, 5.74) is 0. The summed E-state index contributed by atoms with van der Waals surface area (Å²) in [5, 5.41) is 16.7. The van der Waals surface area contributed by atoms with Crippen molar-refractivity contribution in [1.82, 2.24) is 0 Å². The van der Waals surface area contributed by atoms with E-state index in [9.17, 15) is 0 Å². The van der Waals surface area contributed by atoms with Crippen molar-refractivity contribution in [2.45, 2.75) is 0 Å². The Balaban J connectivity index is -0.0000000150. The molecule has 7 heavy (non-hydrogen) atoms. The quantitative estimate of drug-likeness (QED) is 0.319. The Morgan fingerprint density at radius 2 is 1.14 bits per heavy atom. The summed E-state index contributed by atoms with van der Waals surface area (Å²) in [6, 6.07) is 0. The first-order chi connectivity index (χ1) is 1.73. The molecule has 0 spiro atoms. The van der Waals surface area contributed by atoms with E-state index in [2.05, 4.69) is 0 Å². The minimum atomic E-state index is -2.33. The third-order valence-electron chi connectivity index (χ3n) is 0. The molecule has 26 valence electrons. The van der Waals surface area contributed by atoms with E-state index < -0.39 is 6.16 Å². The second kappa shape index (κ2) is 16.1. The molecule has 0 saturated carbocycles. The molecule has 3 nitrogen and oxygen atoms in total. The van der Waals surface area contributed by atoms with Crippen LogP contribution in [0.15, 0.2) is 0 Å². The second-order valence-corrected chi connectivity index (χ2v) is 0.250. The first kappa shape index (κ1) is 22.5. The standard InChI is InChI=1S/CH2O3.2K.Li.H/c2-1(3)4;;;;/h(H2,2,3,4);;;;/q;2*+1;;/p-2. The molecule has 0 aromatic rings. The van der Waals surface area contributed by atoms with Gasteiger partial charge < -0.3 is 15.0 Å². The van der Waals surface area contributed by atoms with Gasteiger partial charge in [0.25, 0.3) is 0 Å². The molecule has 0 bridgehead atoms. The van der Waals surface area contributed by atoms with Crippen molar-refractivity contribution in [3.8, 4) is 0 Å². The van der Waals surface area contributed by atoms with Gasteiger partial charge in [-0.2, -0.15) is 0 Å². The molecule has 6 heteroatoms. The van der Waals surface area contributed by atoms with Crippen molar-refractivity contribution >= 4 is 25.0 Å². The van der Waals surface area contributed by atoms with E-state index >= 15 is 0 Å². The van der Waals surface area contributed by atoms with Gasteiger partial charge in [-0.3, -0.25) is 0 Å². The van der Waals surface area contributed by atoms with Crippen LogP contribution in [0.3, 0.4) is 0 Å². The van der Waals surface area contributed by atoms with Gasteiger partial charge in [-0.1, -0.05) is 0 Å². The maximum atomic E-state index is 8.33. The molecule has 0 aliphatic heterocycles. The van der Waals surface area contributed by atoms with Gasteiger partial charge in [0.15, 0.2) is 0 Å². The number of hydrogen-bond donors (Lipinski definition) is 0. The molecule has 0 rings (SSSR count). The molecule has 0 saturated heterocycles. The summed E-state index contributed by atoms with van der Waals surface area (Å²) in [6.07, 6.45) is -2.33. The van der Waals surface area contributed by atoms with Crippen molar-refractivity contribution in [3.05, 3.63) is 0 Å². The molecule has 0 atom stereocenters. The van der Waals surface area contributed by atoms with Gasteiger partial charge in [0.2, 0.25) is 0 Å². The van der Waals surface area contributed by atoms with E-state index in [0.717, 1.165) is 0 Å². The molecule has 0 fully saturated rings. The van der Waals surface area contributed by atoms with Crippen LogP contribution in [0, 0.1) is 0 Å². The van der Waals surface area contributed by atoms with Gasteiger partial charge in [0, 0.05) is 0 Å². The fraction of sp³-hybridized carbons (Fsp3) is 0. The minimum absolute atomic E-state index is 0. The van der Waals surface area contributed by atoms with Gasteiger partial charge in [-0.25, -0.2) is 0 Å². The first-order valence-corrected chi connectivity index (χ1v) is 0.612. The monoisotopic (exact) mass is 146 g/mol. The number of hydrogen-bond acceptors (Lipinski definition) is 3. The molecule has 0 heterocycles. The van der Waals surface area contributed by atoms with Gasteiger partial charge >= 0.3 is 122 Å². The average Bonchev–Trinajstić information content (AvgIpc) is 0.811. The zero-order valence-electron chi connectivity index (χ0n) is 3.72. The van der Waals surface area contributed by atoms with E-state index in [1.165, 1.54) is 0 Å². The van der Waals surface area contributed by atoms with Crippen molar-refractivity contribution in [3.63, 3.8) is 0 Å². The zero-order chi connectivity index (χ0) is 3.58. The molecule has 0 amide bonds. The van der Waals surface area contributed by atoms with Crippen LogP contribution in [0.2, 0.25) is 0 Å². The molecule has 0 aliphatic carbocycles. The van der Waals surface area contributed by atoms with E-state index in [-0.39, 0.29) is 122 Å². The predicted octanol–water partition coefficient (Wildman–Crippen LogP) is -9.09. The summed E-state index contributed by atoms with van der Waals surface area (Å²) in [5.74, 6) is 0. The fourth-order valence-corrected chi connectivity index (χ4v) is 0. The van der Waals surface area contributed by atoms with Crippen molar-refractivity contribution in [2.24, 2.45) is 0 Å². The van der Waals surface area contributed by atoms with E-state index in [4.69, 9.17) is 15.0 Å². The Morgan fingerprint density at radius 3 is 1.14 bits per heavy atom. The Bertz CT molecular complexity index is 35.9. The van der Waals surface area contributed by atoms with Crippen LogP contribution < -0.4 is 113 Å². The third kappa shape index (κ3) is 47.3. The van der Waals surface area contributed by atoms with Crippen LogP contribution in [-0.4, -0.2) is 25.0 Å². The molecule has 0 radical (unpaired) electrons. The summed E-state index contributed by atoms with van der Waals surface area (Å²) >= 11 is 0. The van der Waals surface area contributed by atoms with Crippen molar-refractivity contribution in [1.29, 1.82) is 0 Å². The summed E-state index contributed by atoms with van der Waals surface area (Å²) < 4.78 is 0. The number of carbonyl (C=O) groups excluding carboxylic acids is 1. The maximum absolute atomic E-state index is 8.33. The van der Waals surface area contributed by atoms with Gasteiger partial charge in [-0.15, -0.1) is 0 Å². The third-order valence-corrected chi connectivity index (χ3v) is 0. The molecular formula is CHK2LiO3. The van der Waals surface area contributed by atoms with Crippen LogP contribution in [0.4, 0.5) is 4.79 Å². The van der Waals surface area contributed by atoms with Crippen molar-refractivity contribution in [2.75, 3.05) is 0 Å². The van der Waals surface area contributed by atoms with Crippen LogP contribution in [0.5, 0.6) is 0 Å². The summed E-state index contributed by atoms with van der Waals surface area (Å²) in [7, 11) is 0. The molecule has 0 N–H and O–H groups in total. The Morgan fingerprint density at radius 1 is 1.14 bits per heavy atom. The van der Waals surface area contributed by atoms with Crippen molar-refractivity contribution < 1.29 is 118 Å². The Kier molecular flexibility index (Phi) is 51.6. The fourth-order valence-electron chi connectivity index (χ4n) is 0. The molecular weight excluding hydrogens is 145 g/mol. The Hall–Kier alpha value is 3.14. The van der Waals surface area contributed by atoms with Gasteiger partial charge in [-0.05, 0) is 6.16 Å². The molecule has 0 aromatic heterocycles. The molecule has 0 aliphatic rings. The average molecular weight is 146 g/mol. The summed E-state index contributed by atoms with van der Waals surface area (Å²) in [4.78, 5) is 8.33. The van der Waals surface area contributed by atoms with Crippen LogP contribution in [0.25, 0.3) is 0 Å². The Labute approximate surface area is 139 Å². The number of carbonyl (C=O) groups is 1. The number of carboxylic acid groups (broad SMARTS) is 2. The van der Waals surface area contributed by atoms with Crippen LogP contribution in [0.1, 0.15) is 0 Å². The second-order valence-electron chi connectivity index (χ2n) is 0.250.